The molecule has 2 fully saturated rings. The summed E-state index contributed by atoms with van der Waals surface area (Å²) in [5.41, 5.74) is 1.69. The van der Waals surface area contributed by atoms with Gasteiger partial charge in [-0.1, -0.05) is 18.2 Å². The first-order valence-corrected chi connectivity index (χ1v) is 11.0. The van der Waals surface area contributed by atoms with E-state index in [0.717, 1.165) is 24.9 Å². The van der Waals surface area contributed by atoms with Gasteiger partial charge in [-0.25, -0.2) is 12.8 Å². The molecule has 0 bridgehead atoms. The third-order valence-electron chi connectivity index (χ3n) is 5.37. The Morgan fingerprint density at radius 3 is 2.54 bits per heavy atom. The van der Waals surface area contributed by atoms with Gasteiger partial charge in [0.1, 0.15) is 5.82 Å². The van der Waals surface area contributed by atoms with Gasteiger partial charge in [-0.2, -0.15) is 4.31 Å². The van der Waals surface area contributed by atoms with Crippen LogP contribution in [0.3, 0.4) is 0 Å². The molecule has 2 aliphatic rings. The summed E-state index contributed by atoms with van der Waals surface area (Å²) >= 11 is 0. The second kappa shape index (κ2) is 7.29. The smallest absolute Gasteiger partial charge is 0.243 e. The first kappa shape index (κ1) is 19.1. The Balaban J connectivity index is 1.66. The van der Waals surface area contributed by atoms with Crippen molar-refractivity contribution in [1.82, 2.24) is 4.31 Å². The quantitative estimate of drug-likeness (QED) is 0.742. The molecule has 0 spiro atoms. The Labute approximate surface area is 164 Å². The fraction of sp³-hybridized carbons (Fsp3) is 0.381. The van der Waals surface area contributed by atoms with Crippen LogP contribution in [0.15, 0.2) is 47.4 Å². The van der Waals surface area contributed by atoms with Crippen LogP contribution in [0.2, 0.25) is 0 Å². The highest BCUT2D eigenvalue weighted by Crippen LogP contribution is 2.35. The molecule has 1 heterocycles. The lowest BCUT2D eigenvalue weighted by molar-refractivity contribution is -0.117. The predicted octanol–water partition coefficient (Wildman–Crippen LogP) is 3.61. The van der Waals surface area contributed by atoms with E-state index in [-0.39, 0.29) is 23.4 Å². The summed E-state index contributed by atoms with van der Waals surface area (Å²) in [5.74, 6) is -0.336. The highest BCUT2D eigenvalue weighted by Gasteiger charge is 2.39. The van der Waals surface area contributed by atoms with E-state index in [0.29, 0.717) is 24.1 Å². The molecule has 0 N–H and O–H groups in total. The summed E-state index contributed by atoms with van der Waals surface area (Å²) in [6.45, 7) is 2.42. The maximum atomic E-state index is 14.1. The molecule has 2 aromatic rings. The number of carbonyl (C=O) groups excluding carboxylic acids is 1. The molecule has 0 aromatic heterocycles. The predicted molar refractivity (Wildman–Crippen MR) is 105 cm³/mol. The normalized spacial score (nSPS) is 17.5. The lowest BCUT2D eigenvalue weighted by Crippen LogP contribution is -2.33. The van der Waals surface area contributed by atoms with E-state index < -0.39 is 15.8 Å². The average Bonchev–Trinajstić information content (AvgIpc) is 3.40. The summed E-state index contributed by atoms with van der Waals surface area (Å²) in [6, 6.07) is 11.2. The van der Waals surface area contributed by atoms with Gasteiger partial charge in [-0.3, -0.25) is 4.79 Å². The van der Waals surface area contributed by atoms with Crippen LogP contribution >= 0.6 is 0 Å². The zero-order valence-corrected chi connectivity index (χ0v) is 16.6. The standard InChI is InChI=1S/C21H23FN2O3S/c1-15-13-18(23-12-4-7-21(23)25)10-11-20(15)28(26,27)24(17-8-9-17)14-16-5-2-3-6-19(16)22/h2-3,5-6,10-11,13,17H,4,7-9,12,14H2,1H3. The van der Waals surface area contributed by atoms with Gasteiger partial charge in [0, 0.05) is 36.8 Å². The Morgan fingerprint density at radius 1 is 1.18 bits per heavy atom. The molecule has 0 unspecified atom stereocenters. The number of hydrogen-bond acceptors (Lipinski definition) is 3. The van der Waals surface area contributed by atoms with E-state index in [2.05, 4.69) is 0 Å². The van der Waals surface area contributed by atoms with Crippen LogP contribution < -0.4 is 4.90 Å². The van der Waals surface area contributed by atoms with Gasteiger partial charge in [0.2, 0.25) is 15.9 Å². The molecule has 4 rings (SSSR count). The van der Waals surface area contributed by atoms with E-state index in [1.54, 1.807) is 48.2 Å². The van der Waals surface area contributed by atoms with Crippen LogP contribution in [0.4, 0.5) is 10.1 Å². The number of hydrogen-bond donors (Lipinski definition) is 0. The molecule has 0 radical (unpaired) electrons. The van der Waals surface area contributed by atoms with Crippen LogP contribution in [0.5, 0.6) is 0 Å². The van der Waals surface area contributed by atoms with Gasteiger partial charge in [-0.15, -0.1) is 0 Å². The van der Waals surface area contributed by atoms with Crippen molar-refractivity contribution >= 4 is 21.6 Å². The van der Waals surface area contributed by atoms with Crippen molar-refractivity contribution in [3.8, 4) is 0 Å². The van der Waals surface area contributed by atoms with Gasteiger partial charge < -0.3 is 4.90 Å². The number of carbonyl (C=O) groups is 1. The van der Waals surface area contributed by atoms with Gasteiger partial charge >= 0.3 is 0 Å². The molecule has 148 valence electrons. The van der Waals surface area contributed by atoms with Crippen LogP contribution in [-0.2, 0) is 21.4 Å². The molecule has 2 aromatic carbocycles. The molecule has 28 heavy (non-hydrogen) atoms. The van der Waals surface area contributed by atoms with Crippen molar-refractivity contribution in [3.05, 3.63) is 59.4 Å². The fourth-order valence-electron chi connectivity index (χ4n) is 3.71. The van der Waals surface area contributed by atoms with E-state index in [1.165, 1.54) is 10.4 Å². The van der Waals surface area contributed by atoms with Gasteiger partial charge in [0.15, 0.2) is 0 Å². The largest absolute Gasteiger partial charge is 0.312 e. The molecule has 1 saturated carbocycles. The number of amides is 1. The lowest BCUT2D eigenvalue weighted by atomic mass is 10.2. The van der Waals surface area contributed by atoms with Crippen LogP contribution in [-0.4, -0.2) is 31.2 Å². The number of rotatable bonds is 6. The Kier molecular flexibility index (Phi) is 4.97. The van der Waals surface area contributed by atoms with Crippen molar-refractivity contribution in [3.63, 3.8) is 0 Å². The number of benzene rings is 2. The number of aryl methyl sites for hydroxylation is 1. The number of anilines is 1. The molecular weight excluding hydrogens is 379 g/mol. The Hall–Kier alpha value is -2.25. The number of nitrogens with zero attached hydrogens (tertiary/aromatic N) is 2. The van der Waals surface area contributed by atoms with Crippen molar-refractivity contribution in [1.29, 1.82) is 0 Å². The minimum atomic E-state index is -3.77. The second-order valence-corrected chi connectivity index (χ2v) is 9.33. The van der Waals surface area contributed by atoms with E-state index in [9.17, 15) is 17.6 Å². The SMILES string of the molecule is Cc1cc(N2CCCC2=O)ccc1S(=O)(=O)N(Cc1ccccc1F)C1CC1. The Morgan fingerprint density at radius 2 is 1.93 bits per heavy atom. The molecular formula is C21H23FN2O3S. The molecule has 1 amide bonds. The van der Waals surface area contributed by atoms with Crippen LogP contribution in [0.1, 0.15) is 36.8 Å². The summed E-state index contributed by atoms with van der Waals surface area (Å²) in [5, 5.41) is 0. The first-order chi connectivity index (χ1) is 13.4. The highest BCUT2D eigenvalue weighted by atomic mass is 32.2. The number of halogens is 1. The van der Waals surface area contributed by atoms with Crippen molar-refractivity contribution < 1.29 is 17.6 Å². The topological polar surface area (TPSA) is 57.7 Å². The fourth-order valence-corrected chi connectivity index (χ4v) is 5.58. The third kappa shape index (κ3) is 3.56. The van der Waals surface area contributed by atoms with E-state index in [1.807, 2.05) is 0 Å². The number of sulfonamides is 1. The van der Waals surface area contributed by atoms with Crippen molar-refractivity contribution in [2.75, 3.05) is 11.4 Å². The first-order valence-electron chi connectivity index (χ1n) is 9.54. The second-order valence-electron chi connectivity index (χ2n) is 7.47. The summed E-state index contributed by atoms with van der Waals surface area (Å²) < 4.78 is 42.3. The zero-order valence-electron chi connectivity index (χ0n) is 15.8. The minimum absolute atomic E-state index is 0.0193. The van der Waals surface area contributed by atoms with Crippen molar-refractivity contribution in [2.24, 2.45) is 0 Å². The summed E-state index contributed by atoms with van der Waals surface area (Å²) in [7, 11) is -3.77. The van der Waals surface area contributed by atoms with Gasteiger partial charge in [0.05, 0.1) is 4.90 Å². The molecule has 1 saturated heterocycles. The minimum Gasteiger partial charge on any atom is -0.312 e. The van der Waals surface area contributed by atoms with Gasteiger partial charge in [-0.05, 0) is 56.0 Å². The van der Waals surface area contributed by atoms with Gasteiger partial charge in [0.25, 0.3) is 0 Å². The maximum Gasteiger partial charge on any atom is 0.243 e. The van der Waals surface area contributed by atoms with E-state index >= 15 is 0 Å². The summed E-state index contributed by atoms with van der Waals surface area (Å²) in [4.78, 5) is 13.9. The zero-order chi connectivity index (χ0) is 19.9. The summed E-state index contributed by atoms with van der Waals surface area (Å²) in [6.07, 6.45) is 2.91. The highest BCUT2D eigenvalue weighted by molar-refractivity contribution is 7.89. The Bertz CT molecular complexity index is 1020. The average molecular weight is 402 g/mol. The van der Waals surface area contributed by atoms with Crippen LogP contribution in [0.25, 0.3) is 0 Å². The van der Waals surface area contributed by atoms with E-state index in [4.69, 9.17) is 0 Å². The molecule has 5 nitrogen and oxygen atoms in total. The lowest BCUT2D eigenvalue weighted by Gasteiger charge is -2.24. The monoisotopic (exact) mass is 402 g/mol. The molecule has 1 aliphatic carbocycles. The van der Waals surface area contributed by atoms with Crippen molar-refractivity contribution in [2.45, 2.75) is 50.1 Å². The molecule has 7 heteroatoms. The van der Waals surface area contributed by atoms with Crippen LogP contribution in [0, 0.1) is 12.7 Å². The maximum absolute atomic E-state index is 14.1. The molecule has 0 atom stereocenters. The molecule has 1 aliphatic heterocycles. The third-order valence-corrected chi connectivity index (χ3v) is 7.43.